The fourth-order valence-electron chi connectivity index (χ4n) is 2.54. The van der Waals surface area contributed by atoms with Crippen LogP contribution in [0.1, 0.15) is 16.7 Å². The number of nitrogen functional groups attached to an aromatic ring is 1. The molecule has 0 bridgehead atoms. The van der Waals surface area contributed by atoms with Crippen LogP contribution in [0.25, 0.3) is 0 Å². The third kappa shape index (κ3) is 6.48. The summed E-state index contributed by atoms with van der Waals surface area (Å²) in [4.78, 5) is 31.6. The molecule has 1 aromatic heterocycles. The SMILES string of the molecule is CSc1nc(N)nc(N[C@@H](COC(N)=O)C(=O)Cc2cccc(C(F)(F)F)c2)c1C#N. The van der Waals surface area contributed by atoms with Gasteiger partial charge in [0, 0.05) is 6.42 Å². The first-order valence-corrected chi connectivity index (χ1v) is 9.76. The number of nitriles is 1. The lowest BCUT2D eigenvalue weighted by Crippen LogP contribution is -2.37. The first-order chi connectivity index (χ1) is 14.5. The van der Waals surface area contributed by atoms with Gasteiger partial charge in [0.05, 0.1) is 5.56 Å². The van der Waals surface area contributed by atoms with E-state index < -0.39 is 42.7 Å². The summed E-state index contributed by atoms with van der Waals surface area (Å²) in [5.41, 5.74) is 9.77. The molecule has 1 atom stereocenters. The molecule has 0 saturated carbocycles. The fourth-order valence-corrected chi connectivity index (χ4v) is 3.07. The van der Waals surface area contributed by atoms with E-state index in [9.17, 15) is 28.0 Å². The summed E-state index contributed by atoms with van der Waals surface area (Å²) >= 11 is 1.12. The van der Waals surface area contributed by atoms with Crippen LogP contribution in [0.3, 0.4) is 0 Å². The maximum atomic E-state index is 12.9. The van der Waals surface area contributed by atoms with Crippen molar-refractivity contribution in [2.75, 3.05) is 23.9 Å². The summed E-state index contributed by atoms with van der Waals surface area (Å²) in [5, 5.41) is 12.3. The second kappa shape index (κ2) is 9.98. The zero-order valence-corrected chi connectivity index (χ0v) is 16.9. The molecular weight excluding hydrogens is 437 g/mol. The smallest absolute Gasteiger partial charge is 0.416 e. The Morgan fingerprint density at radius 2 is 2.06 bits per heavy atom. The molecule has 2 rings (SSSR count). The number of rotatable bonds is 8. The van der Waals surface area contributed by atoms with Gasteiger partial charge in [0.25, 0.3) is 0 Å². The molecule has 164 valence electrons. The zero-order valence-electron chi connectivity index (χ0n) is 16.1. The van der Waals surface area contributed by atoms with Crippen molar-refractivity contribution in [3.8, 4) is 6.07 Å². The monoisotopic (exact) mass is 454 g/mol. The van der Waals surface area contributed by atoms with Gasteiger partial charge in [-0.2, -0.15) is 23.4 Å². The number of halogens is 3. The van der Waals surface area contributed by atoms with Crippen molar-refractivity contribution in [1.82, 2.24) is 9.97 Å². The first-order valence-electron chi connectivity index (χ1n) is 8.54. The maximum Gasteiger partial charge on any atom is 0.416 e. The van der Waals surface area contributed by atoms with E-state index >= 15 is 0 Å². The number of nitrogens with two attached hydrogens (primary N) is 2. The van der Waals surface area contributed by atoms with Crippen molar-refractivity contribution in [2.45, 2.75) is 23.7 Å². The summed E-state index contributed by atoms with van der Waals surface area (Å²) in [6.45, 7) is -0.545. The highest BCUT2D eigenvalue weighted by atomic mass is 32.2. The van der Waals surface area contributed by atoms with Crippen molar-refractivity contribution in [3.05, 3.63) is 41.0 Å². The van der Waals surface area contributed by atoms with E-state index in [2.05, 4.69) is 20.0 Å². The van der Waals surface area contributed by atoms with E-state index in [1.807, 2.05) is 6.07 Å². The predicted molar refractivity (Wildman–Crippen MR) is 106 cm³/mol. The quantitative estimate of drug-likeness (QED) is 0.402. The third-order valence-corrected chi connectivity index (χ3v) is 4.60. The third-order valence-electron chi connectivity index (χ3n) is 3.92. The highest BCUT2D eigenvalue weighted by Gasteiger charge is 2.31. The molecule has 9 nitrogen and oxygen atoms in total. The van der Waals surface area contributed by atoms with Crippen molar-refractivity contribution >= 4 is 35.4 Å². The Kier molecular flexibility index (Phi) is 7.65. The molecule has 1 heterocycles. The molecular formula is C18H17F3N6O3S. The number of aromatic nitrogens is 2. The van der Waals surface area contributed by atoms with Gasteiger partial charge in [0.1, 0.15) is 29.3 Å². The molecule has 13 heteroatoms. The number of amides is 1. The minimum absolute atomic E-state index is 0.00218. The Bertz CT molecular complexity index is 1030. The van der Waals surface area contributed by atoms with Crippen LogP contribution >= 0.6 is 11.8 Å². The molecule has 0 aliphatic carbocycles. The second-order valence-corrected chi connectivity index (χ2v) is 6.89. The number of ketones is 1. The van der Waals surface area contributed by atoms with Gasteiger partial charge in [-0.05, 0) is 17.9 Å². The van der Waals surface area contributed by atoms with Crippen LogP contribution in [0.2, 0.25) is 0 Å². The zero-order chi connectivity index (χ0) is 23.2. The van der Waals surface area contributed by atoms with Gasteiger partial charge in [-0.1, -0.05) is 18.2 Å². The molecule has 0 saturated heterocycles. The van der Waals surface area contributed by atoms with Crippen molar-refractivity contribution in [3.63, 3.8) is 0 Å². The number of benzene rings is 1. The number of anilines is 2. The lowest BCUT2D eigenvalue weighted by molar-refractivity contribution is -0.137. The topological polar surface area (TPSA) is 157 Å². The summed E-state index contributed by atoms with van der Waals surface area (Å²) in [6.07, 6.45) is -4.49. The fraction of sp³-hybridized carbons (Fsp3) is 0.278. The molecule has 31 heavy (non-hydrogen) atoms. The first kappa shape index (κ1) is 23.7. The molecule has 0 unspecified atom stereocenters. The van der Waals surface area contributed by atoms with Crippen LogP contribution in [0.4, 0.5) is 29.7 Å². The highest BCUT2D eigenvalue weighted by molar-refractivity contribution is 7.98. The number of Topliss-reactive ketones (excluding diaryl/α,β-unsaturated/α-hetero) is 1. The van der Waals surface area contributed by atoms with Crippen molar-refractivity contribution in [2.24, 2.45) is 5.73 Å². The molecule has 0 fully saturated rings. The number of thioether (sulfide) groups is 1. The highest BCUT2D eigenvalue weighted by Crippen LogP contribution is 2.30. The number of carbonyl (C=O) groups is 2. The Balaban J connectivity index is 2.33. The molecule has 0 spiro atoms. The van der Waals surface area contributed by atoms with Crippen LogP contribution in [0, 0.1) is 11.3 Å². The Morgan fingerprint density at radius 3 is 2.65 bits per heavy atom. The van der Waals surface area contributed by atoms with Crippen LogP contribution in [-0.2, 0) is 22.1 Å². The number of ether oxygens (including phenoxy) is 1. The number of primary amides is 1. The summed E-state index contributed by atoms with van der Waals surface area (Å²) in [7, 11) is 0. The van der Waals surface area contributed by atoms with Crippen LogP contribution in [-0.4, -0.2) is 40.7 Å². The summed E-state index contributed by atoms with van der Waals surface area (Å²) in [6, 6.07) is 4.89. The van der Waals surface area contributed by atoms with Gasteiger partial charge in [0.15, 0.2) is 11.6 Å². The van der Waals surface area contributed by atoms with E-state index in [1.165, 1.54) is 12.1 Å². The number of hydrogen-bond donors (Lipinski definition) is 3. The van der Waals surface area contributed by atoms with E-state index in [0.29, 0.717) is 0 Å². The molecule has 1 amide bonds. The average molecular weight is 454 g/mol. The number of nitrogens with zero attached hydrogens (tertiary/aromatic N) is 3. The minimum atomic E-state index is -4.57. The van der Waals surface area contributed by atoms with Crippen molar-refractivity contribution in [1.29, 1.82) is 5.26 Å². The van der Waals surface area contributed by atoms with E-state index in [0.717, 1.165) is 23.9 Å². The number of alkyl halides is 3. The Hall–Kier alpha value is -3.53. The number of hydrogen-bond acceptors (Lipinski definition) is 9. The van der Waals surface area contributed by atoms with Crippen LogP contribution in [0.15, 0.2) is 29.3 Å². The molecule has 2 aromatic rings. The van der Waals surface area contributed by atoms with Gasteiger partial charge < -0.3 is 21.5 Å². The summed E-state index contributed by atoms with van der Waals surface area (Å²) in [5.74, 6) is -0.895. The van der Waals surface area contributed by atoms with E-state index in [1.54, 1.807) is 6.26 Å². The van der Waals surface area contributed by atoms with Gasteiger partial charge in [-0.3, -0.25) is 4.79 Å². The lowest BCUT2D eigenvalue weighted by Gasteiger charge is -2.19. The largest absolute Gasteiger partial charge is 0.447 e. The maximum absolute atomic E-state index is 12.9. The van der Waals surface area contributed by atoms with Crippen LogP contribution < -0.4 is 16.8 Å². The standard InChI is InChI=1S/C18H17F3N6O3S/c1-31-15-11(7-22)14(26-16(23)27-15)25-12(8-30-17(24)29)13(28)6-9-3-2-4-10(5-9)18(19,20)21/h2-5,12H,6,8H2,1H3,(H2,24,29)(H3,23,25,26,27)/t12-/m0/s1. The number of carbonyl (C=O) groups excluding carboxylic acids is 2. The van der Waals surface area contributed by atoms with Gasteiger partial charge >= 0.3 is 12.3 Å². The summed E-state index contributed by atoms with van der Waals surface area (Å²) < 4.78 is 43.5. The van der Waals surface area contributed by atoms with Gasteiger partial charge in [-0.25, -0.2) is 9.78 Å². The Morgan fingerprint density at radius 1 is 1.35 bits per heavy atom. The van der Waals surface area contributed by atoms with Gasteiger partial charge in [-0.15, -0.1) is 11.8 Å². The second-order valence-electron chi connectivity index (χ2n) is 6.09. The number of nitrogens with one attached hydrogen (secondary N) is 1. The Labute approximate surface area is 179 Å². The predicted octanol–water partition coefficient (Wildman–Crippen LogP) is 2.36. The normalized spacial score (nSPS) is 12.0. The van der Waals surface area contributed by atoms with E-state index in [-0.39, 0.29) is 27.9 Å². The minimum Gasteiger partial charge on any atom is -0.447 e. The van der Waals surface area contributed by atoms with Gasteiger partial charge in [0.2, 0.25) is 5.95 Å². The molecule has 0 aliphatic heterocycles. The van der Waals surface area contributed by atoms with E-state index in [4.69, 9.17) is 11.5 Å². The van der Waals surface area contributed by atoms with Crippen molar-refractivity contribution < 1.29 is 27.5 Å². The molecule has 0 radical (unpaired) electrons. The molecule has 1 aromatic carbocycles. The lowest BCUT2D eigenvalue weighted by atomic mass is 10.0. The molecule has 5 N–H and O–H groups in total. The average Bonchev–Trinajstić information content (AvgIpc) is 2.69. The molecule has 0 aliphatic rings. The van der Waals surface area contributed by atoms with Crippen LogP contribution in [0.5, 0.6) is 0 Å².